The zero-order valence-electron chi connectivity index (χ0n) is 9.93. The van der Waals surface area contributed by atoms with Crippen LogP contribution in [0.5, 0.6) is 0 Å². The molecule has 0 amide bonds. The largest absolute Gasteiger partial charge is 0.469 e. The Labute approximate surface area is 99.5 Å². The number of methoxy groups -OCH3 is 1. The summed E-state index contributed by atoms with van der Waals surface area (Å²) in [6, 6.07) is 0. The lowest BCUT2D eigenvalue weighted by Crippen LogP contribution is -2.22. The van der Waals surface area contributed by atoms with Gasteiger partial charge in [0.15, 0.2) is 0 Å². The average Bonchev–Trinajstić information content (AvgIpc) is 2.32. The van der Waals surface area contributed by atoms with Gasteiger partial charge in [0.05, 0.1) is 20.0 Å². The van der Waals surface area contributed by atoms with Crippen molar-refractivity contribution in [3.8, 4) is 0 Å². The lowest BCUT2D eigenvalue weighted by molar-refractivity contribution is -0.157. The first-order valence-corrected chi connectivity index (χ1v) is 5.05. The summed E-state index contributed by atoms with van der Waals surface area (Å²) >= 11 is 0. The van der Waals surface area contributed by atoms with Gasteiger partial charge < -0.3 is 14.2 Å². The molecule has 0 fully saturated rings. The van der Waals surface area contributed by atoms with E-state index in [1.165, 1.54) is 7.11 Å². The normalized spacial score (nSPS) is 11.2. The summed E-state index contributed by atoms with van der Waals surface area (Å²) < 4.78 is 13.9. The molecule has 1 atom stereocenters. The lowest BCUT2D eigenvalue weighted by Gasteiger charge is -2.12. The summed E-state index contributed by atoms with van der Waals surface area (Å²) in [4.78, 5) is 32.7. The number of rotatable bonds is 7. The molecule has 0 radical (unpaired) electrons. The molecule has 6 heteroatoms. The van der Waals surface area contributed by atoms with Crippen LogP contribution < -0.4 is 0 Å². The van der Waals surface area contributed by atoms with Crippen molar-refractivity contribution in [2.45, 2.75) is 25.9 Å². The maximum absolute atomic E-state index is 11.2. The highest BCUT2D eigenvalue weighted by Gasteiger charge is 2.13. The summed E-state index contributed by atoms with van der Waals surface area (Å²) in [7, 11) is 1.24. The van der Waals surface area contributed by atoms with Gasteiger partial charge in [0.25, 0.3) is 0 Å². The fourth-order valence-electron chi connectivity index (χ4n) is 0.882. The minimum Gasteiger partial charge on any atom is -0.469 e. The molecule has 0 aliphatic heterocycles. The second kappa shape index (κ2) is 8.32. The van der Waals surface area contributed by atoms with E-state index in [9.17, 15) is 14.4 Å². The molecule has 0 aromatic carbocycles. The molecule has 0 heterocycles. The van der Waals surface area contributed by atoms with E-state index in [1.807, 2.05) is 0 Å². The van der Waals surface area contributed by atoms with Crippen molar-refractivity contribution in [3.63, 3.8) is 0 Å². The smallest absolute Gasteiger partial charge is 0.330 e. The van der Waals surface area contributed by atoms with Gasteiger partial charge in [-0.25, -0.2) is 4.79 Å². The quantitative estimate of drug-likeness (QED) is 0.370. The first-order chi connectivity index (χ1) is 7.99. The van der Waals surface area contributed by atoms with E-state index in [0.717, 1.165) is 6.08 Å². The molecule has 0 aromatic rings. The van der Waals surface area contributed by atoms with Crippen molar-refractivity contribution >= 4 is 17.9 Å². The summed E-state index contributed by atoms with van der Waals surface area (Å²) in [6.45, 7) is 4.75. The fourth-order valence-corrected chi connectivity index (χ4v) is 0.882. The van der Waals surface area contributed by atoms with E-state index < -0.39 is 24.0 Å². The van der Waals surface area contributed by atoms with E-state index in [4.69, 9.17) is 4.74 Å². The van der Waals surface area contributed by atoms with E-state index >= 15 is 0 Å². The van der Waals surface area contributed by atoms with Crippen molar-refractivity contribution in [2.75, 3.05) is 13.7 Å². The SMILES string of the molecule is C=CC(=O)OCC(C)OC(=O)CCC(=O)OC. The zero-order valence-corrected chi connectivity index (χ0v) is 9.93. The topological polar surface area (TPSA) is 78.9 Å². The number of hydrogen-bond donors (Lipinski definition) is 0. The summed E-state index contributed by atoms with van der Waals surface area (Å²) in [5.74, 6) is -1.60. The second-order valence-corrected chi connectivity index (χ2v) is 3.21. The molecule has 0 bridgehead atoms. The zero-order chi connectivity index (χ0) is 13.3. The van der Waals surface area contributed by atoms with Crippen LogP contribution in [0.3, 0.4) is 0 Å². The highest BCUT2D eigenvalue weighted by atomic mass is 16.6. The third-order valence-electron chi connectivity index (χ3n) is 1.72. The molecule has 17 heavy (non-hydrogen) atoms. The second-order valence-electron chi connectivity index (χ2n) is 3.21. The van der Waals surface area contributed by atoms with Crippen LogP contribution in [0.15, 0.2) is 12.7 Å². The molecule has 0 N–H and O–H groups in total. The van der Waals surface area contributed by atoms with Gasteiger partial charge in [-0.05, 0) is 6.92 Å². The van der Waals surface area contributed by atoms with Crippen LogP contribution in [0, 0.1) is 0 Å². The number of hydrogen-bond acceptors (Lipinski definition) is 6. The fraction of sp³-hybridized carbons (Fsp3) is 0.545. The predicted octanol–water partition coefficient (Wildman–Crippen LogP) is 0.600. The van der Waals surface area contributed by atoms with Gasteiger partial charge in [0, 0.05) is 6.08 Å². The molecule has 0 aliphatic carbocycles. The monoisotopic (exact) mass is 244 g/mol. The average molecular weight is 244 g/mol. The minimum atomic E-state index is -0.581. The number of carbonyl (C=O) groups excluding carboxylic acids is 3. The Morgan fingerprint density at radius 2 is 1.82 bits per heavy atom. The number of carbonyl (C=O) groups is 3. The van der Waals surface area contributed by atoms with Gasteiger partial charge in [-0.2, -0.15) is 0 Å². The third-order valence-corrected chi connectivity index (χ3v) is 1.72. The first-order valence-electron chi connectivity index (χ1n) is 5.05. The molecule has 0 aliphatic rings. The Hall–Kier alpha value is -1.85. The Kier molecular flexibility index (Phi) is 7.41. The molecule has 0 aromatic heterocycles. The van der Waals surface area contributed by atoms with Gasteiger partial charge >= 0.3 is 17.9 Å². The van der Waals surface area contributed by atoms with Crippen molar-refractivity contribution in [3.05, 3.63) is 12.7 Å². The minimum absolute atomic E-state index is 0.0332. The predicted molar refractivity (Wildman–Crippen MR) is 58.0 cm³/mol. The van der Waals surface area contributed by atoms with Gasteiger partial charge in [-0.1, -0.05) is 6.58 Å². The molecule has 0 saturated heterocycles. The highest BCUT2D eigenvalue weighted by molar-refractivity contribution is 5.81. The molecular formula is C11H16O6. The maximum atomic E-state index is 11.2. The Balaban J connectivity index is 3.76. The number of esters is 3. The molecular weight excluding hydrogens is 228 g/mol. The van der Waals surface area contributed by atoms with Gasteiger partial charge in [0.1, 0.15) is 12.7 Å². The van der Waals surface area contributed by atoms with E-state index in [0.29, 0.717) is 0 Å². The van der Waals surface area contributed by atoms with E-state index in [2.05, 4.69) is 16.1 Å². The van der Waals surface area contributed by atoms with Crippen LogP contribution in [0.1, 0.15) is 19.8 Å². The van der Waals surface area contributed by atoms with E-state index in [1.54, 1.807) is 6.92 Å². The van der Waals surface area contributed by atoms with Crippen molar-refractivity contribution in [1.29, 1.82) is 0 Å². The Bertz CT molecular complexity index is 296. The molecule has 0 rings (SSSR count). The van der Waals surface area contributed by atoms with Gasteiger partial charge in [-0.3, -0.25) is 9.59 Å². The highest BCUT2D eigenvalue weighted by Crippen LogP contribution is 2.00. The summed E-state index contributed by atoms with van der Waals surface area (Å²) in [5, 5.41) is 0. The molecule has 0 saturated carbocycles. The third kappa shape index (κ3) is 8.01. The Morgan fingerprint density at radius 3 is 2.35 bits per heavy atom. The van der Waals surface area contributed by atoms with Crippen molar-refractivity contribution < 1.29 is 28.6 Å². The summed E-state index contributed by atoms with van der Waals surface area (Å²) in [5.41, 5.74) is 0. The summed E-state index contributed by atoms with van der Waals surface area (Å²) in [6.07, 6.45) is 0.358. The molecule has 1 unspecified atom stereocenters. The maximum Gasteiger partial charge on any atom is 0.330 e. The molecule has 0 spiro atoms. The number of ether oxygens (including phenoxy) is 3. The van der Waals surface area contributed by atoms with Gasteiger partial charge in [-0.15, -0.1) is 0 Å². The molecule has 6 nitrogen and oxygen atoms in total. The van der Waals surface area contributed by atoms with Crippen LogP contribution in [0.4, 0.5) is 0 Å². The lowest BCUT2D eigenvalue weighted by atomic mass is 10.3. The first kappa shape index (κ1) is 15.2. The van der Waals surface area contributed by atoms with Crippen molar-refractivity contribution in [2.24, 2.45) is 0 Å². The van der Waals surface area contributed by atoms with Gasteiger partial charge in [0.2, 0.25) is 0 Å². The van der Waals surface area contributed by atoms with Crippen LogP contribution in [-0.2, 0) is 28.6 Å². The van der Waals surface area contributed by atoms with E-state index in [-0.39, 0.29) is 19.4 Å². The van der Waals surface area contributed by atoms with Crippen molar-refractivity contribution in [1.82, 2.24) is 0 Å². The van der Waals surface area contributed by atoms with Crippen LogP contribution in [0.25, 0.3) is 0 Å². The standard InChI is InChI=1S/C11H16O6/c1-4-9(12)16-7-8(2)17-11(14)6-5-10(13)15-3/h4,8H,1,5-7H2,2-3H3. The van der Waals surface area contributed by atoms with Crippen LogP contribution >= 0.6 is 0 Å². The van der Waals surface area contributed by atoms with Crippen LogP contribution in [-0.4, -0.2) is 37.7 Å². The Morgan fingerprint density at radius 1 is 1.24 bits per heavy atom. The van der Waals surface area contributed by atoms with Crippen LogP contribution in [0.2, 0.25) is 0 Å². The molecule has 96 valence electrons.